The summed E-state index contributed by atoms with van der Waals surface area (Å²) >= 11 is 1.74. The molecule has 84 valence electrons. The summed E-state index contributed by atoms with van der Waals surface area (Å²) in [5.41, 5.74) is 7.86. The molecule has 0 aliphatic heterocycles. The third-order valence-corrected chi connectivity index (χ3v) is 4.18. The largest absolute Gasteiger partial charge is 0.241 e. The number of hydrogen-bond acceptors (Lipinski definition) is 2. The highest BCUT2D eigenvalue weighted by Gasteiger charge is 2.12. The van der Waals surface area contributed by atoms with Gasteiger partial charge in [-0.25, -0.2) is 4.98 Å². The lowest BCUT2D eigenvalue weighted by molar-refractivity contribution is 1.21. The predicted octanol–water partition coefficient (Wildman–Crippen LogP) is 4.35. The summed E-state index contributed by atoms with van der Waals surface area (Å²) in [5, 5.41) is 3.27. The molecule has 0 bridgehead atoms. The Kier molecular flexibility index (Phi) is 2.85. The van der Waals surface area contributed by atoms with Gasteiger partial charge in [0.15, 0.2) is 0 Å². The van der Waals surface area contributed by atoms with Gasteiger partial charge >= 0.3 is 0 Å². The van der Waals surface area contributed by atoms with Gasteiger partial charge < -0.3 is 0 Å². The zero-order chi connectivity index (χ0) is 11.9. The molecular formula is C14H17NS. The molecule has 1 aromatic heterocycles. The highest BCUT2D eigenvalue weighted by Crippen LogP contribution is 2.33. The van der Waals surface area contributed by atoms with E-state index in [1.54, 1.807) is 11.3 Å². The first-order chi connectivity index (χ1) is 7.50. The SMILES string of the molecule is Cc1csc(-c2c(C)c(C)cc(C)c2C)n1. The number of benzene rings is 1. The molecule has 2 rings (SSSR count). The summed E-state index contributed by atoms with van der Waals surface area (Å²) < 4.78 is 0. The molecule has 16 heavy (non-hydrogen) atoms. The van der Waals surface area contributed by atoms with Gasteiger partial charge in [-0.2, -0.15) is 0 Å². The van der Waals surface area contributed by atoms with E-state index in [-0.39, 0.29) is 0 Å². The van der Waals surface area contributed by atoms with Crippen LogP contribution in [0.4, 0.5) is 0 Å². The van der Waals surface area contributed by atoms with Crippen LogP contribution in [0.2, 0.25) is 0 Å². The van der Waals surface area contributed by atoms with Crippen molar-refractivity contribution in [3.63, 3.8) is 0 Å². The van der Waals surface area contributed by atoms with Crippen LogP contribution in [0.3, 0.4) is 0 Å². The minimum absolute atomic E-state index is 1.11. The average molecular weight is 231 g/mol. The lowest BCUT2D eigenvalue weighted by atomic mass is 9.95. The Morgan fingerprint density at radius 3 is 1.94 bits per heavy atom. The molecule has 1 nitrogen and oxygen atoms in total. The first-order valence-electron chi connectivity index (χ1n) is 5.50. The highest BCUT2D eigenvalue weighted by molar-refractivity contribution is 7.13. The number of aromatic nitrogens is 1. The number of nitrogens with zero attached hydrogens (tertiary/aromatic N) is 1. The third-order valence-electron chi connectivity index (χ3n) is 3.20. The molecule has 0 spiro atoms. The molecule has 0 saturated heterocycles. The number of rotatable bonds is 1. The maximum absolute atomic E-state index is 4.60. The van der Waals surface area contributed by atoms with Gasteiger partial charge in [0.25, 0.3) is 0 Å². The van der Waals surface area contributed by atoms with Crippen molar-refractivity contribution in [1.82, 2.24) is 4.98 Å². The normalized spacial score (nSPS) is 10.8. The number of thiazole rings is 1. The Labute approximate surface area is 101 Å². The van der Waals surface area contributed by atoms with Crippen molar-refractivity contribution < 1.29 is 0 Å². The summed E-state index contributed by atoms with van der Waals surface area (Å²) in [6.45, 7) is 10.8. The van der Waals surface area contributed by atoms with Crippen LogP contribution < -0.4 is 0 Å². The van der Waals surface area contributed by atoms with Crippen LogP contribution in [0, 0.1) is 34.6 Å². The van der Waals surface area contributed by atoms with E-state index in [9.17, 15) is 0 Å². The van der Waals surface area contributed by atoms with Crippen LogP contribution in [0.15, 0.2) is 11.4 Å². The fourth-order valence-electron chi connectivity index (χ4n) is 2.01. The standard InChI is InChI=1S/C14H17NS/c1-8-6-9(2)12(5)13(11(8)4)14-15-10(3)7-16-14/h6-7H,1-5H3. The fourth-order valence-corrected chi connectivity index (χ4v) is 2.96. The zero-order valence-corrected chi connectivity index (χ0v) is 11.3. The molecule has 0 unspecified atom stereocenters. The third kappa shape index (κ3) is 1.78. The first kappa shape index (κ1) is 11.3. The van der Waals surface area contributed by atoms with Gasteiger partial charge in [-0.1, -0.05) is 6.07 Å². The molecule has 0 N–H and O–H groups in total. The molecule has 2 heteroatoms. The minimum Gasteiger partial charge on any atom is -0.241 e. The van der Waals surface area contributed by atoms with Gasteiger partial charge in [-0.05, 0) is 56.9 Å². The van der Waals surface area contributed by atoms with Crippen LogP contribution in [-0.4, -0.2) is 4.98 Å². The Balaban J connectivity index is 2.73. The lowest BCUT2D eigenvalue weighted by Crippen LogP contribution is -1.94. The van der Waals surface area contributed by atoms with Crippen molar-refractivity contribution >= 4 is 11.3 Å². The quantitative estimate of drug-likeness (QED) is 0.711. The van der Waals surface area contributed by atoms with Crippen LogP contribution in [-0.2, 0) is 0 Å². The van der Waals surface area contributed by atoms with Crippen molar-refractivity contribution in [2.45, 2.75) is 34.6 Å². The van der Waals surface area contributed by atoms with Crippen molar-refractivity contribution in [3.05, 3.63) is 39.4 Å². The average Bonchev–Trinajstić information content (AvgIpc) is 2.62. The smallest absolute Gasteiger partial charge is 0.124 e. The topological polar surface area (TPSA) is 12.9 Å². The molecule has 0 saturated carbocycles. The molecule has 1 aromatic carbocycles. The summed E-state index contributed by atoms with van der Waals surface area (Å²) in [6, 6.07) is 2.26. The van der Waals surface area contributed by atoms with Gasteiger partial charge in [0.1, 0.15) is 5.01 Å². The molecular weight excluding hydrogens is 214 g/mol. The van der Waals surface area contributed by atoms with E-state index in [4.69, 9.17) is 0 Å². The van der Waals surface area contributed by atoms with Crippen molar-refractivity contribution in [3.8, 4) is 10.6 Å². The number of hydrogen-bond donors (Lipinski definition) is 0. The Morgan fingerprint density at radius 1 is 0.938 bits per heavy atom. The van der Waals surface area contributed by atoms with Gasteiger partial charge in [0, 0.05) is 16.6 Å². The van der Waals surface area contributed by atoms with E-state index in [2.05, 4.69) is 44.1 Å². The first-order valence-corrected chi connectivity index (χ1v) is 6.38. The maximum Gasteiger partial charge on any atom is 0.124 e. The molecule has 0 amide bonds. The Hall–Kier alpha value is -1.15. The van der Waals surface area contributed by atoms with Crippen molar-refractivity contribution in [2.75, 3.05) is 0 Å². The molecule has 2 aromatic rings. The second-order valence-electron chi connectivity index (χ2n) is 4.43. The van der Waals surface area contributed by atoms with E-state index in [1.165, 1.54) is 27.8 Å². The summed E-state index contributed by atoms with van der Waals surface area (Å²) in [6.07, 6.45) is 0. The van der Waals surface area contributed by atoms with Gasteiger partial charge in [0.05, 0.1) is 0 Å². The maximum atomic E-state index is 4.60. The minimum atomic E-state index is 1.11. The van der Waals surface area contributed by atoms with E-state index >= 15 is 0 Å². The fraction of sp³-hybridized carbons (Fsp3) is 0.357. The second kappa shape index (κ2) is 4.02. The predicted molar refractivity (Wildman–Crippen MR) is 71.2 cm³/mol. The monoisotopic (exact) mass is 231 g/mol. The molecule has 0 aliphatic rings. The van der Waals surface area contributed by atoms with Crippen LogP contribution in [0.5, 0.6) is 0 Å². The van der Waals surface area contributed by atoms with Crippen LogP contribution in [0.25, 0.3) is 10.6 Å². The Morgan fingerprint density at radius 2 is 1.50 bits per heavy atom. The molecule has 0 aliphatic carbocycles. The van der Waals surface area contributed by atoms with E-state index in [0.717, 1.165) is 10.7 Å². The summed E-state index contributed by atoms with van der Waals surface area (Å²) in [4.78, 5) is 4.60. The van der Waals surface area contributed by atoms with Gasteiger partial charge in [-0.15, -0.1) is 11.3 Å². The molecule has 0 radical (unpaired) electrons. The van der Waals surface area contributed by atoms with E-state index in [0.29, 0.717) is 0 Å². The van der Waals surface area contributed by atoms with Crippen LogP contribution >= 0.6 is 11.3 Å². The number of aryl methyl sites for hydroxylation is 3. The van der Waals surface area contributed by atoms with Crippen molar-refractivity contribution in [1.29, 1.82) is 0 Å². The second-order valence-corrected chi connectivity index (χ2v) is 5.29. The van der Waals surface area contributed by atoms with Gasteiger partial charge in [0.2, 0.25) is 0 Å². The van der Waals surface area contributed by atoms with E-state index in [1.807, 2.05) is 6.92 Å². The summed E-state index contributed by atoms with van der Waals surface area (Å²) in [7, 11) is 0. The molecule has 0 atom stereocenters. The molecule has 1 heterocycles. The zero-order valence-electron chi connectivity index (χ0n) is 10.5. The highest BCUT2D eigenvalue weighted by atomic mass is 32.1. The molecule has 0 fully saturated rings. The van der Waals surface area contributed by atoms with Crippen LogP contribution in [0.1, 0.15) is 27.9 Å². The Bertz CT molecular complexity index is 512. The lowest BCUT2D eigenvalue weighted by Gasteiger charge is -2.13. The summed E-state index contributed by atoms with van der Waals surface area (Å²) in [5.74, 6) is 0. The van der Waals surface area contributed by atoms with Crippen molar-refractivity contribution in [2.24, 2.45) is 0 Å². The van der Waals surface area contributed by atoms with E-state index < -0.39 is 0 Å². The van der Waals surface area contributed by atoms with Gasteiger partial charge in [-0.3, -0.25) is 0 Å².